The Hall–Kier alpha value is -1.09. The molecule has 3 heteroatoms. The molecule has 0 bridgehead atoms. The lowest BCUT2D eigenvalue weighted by atomic mass is 10.2. The van der Waals surface area contributed by atoms with Gasteiger partial charge in [-0.15, -0.1) is 0 Å². The molecule has 2 fully saturated rings. The van der Waals surface area contributed by atoms with Crippen LogP contribution in [0.2, 0.25) is 0 Å². The zero-order valence-electron chi connectivity index (χ0n) is 12.8. The van der Waals surface area contributed by atoms with Gasteiger partial charge in [-0.05, 0) is 56.2 Å². The van der Waals surface area contributed by atoms with Crippen molar-refractivity contribution in [2.45, 2.75) is 52.1 Å². The zero-order chi connectivity index (χ0) is 13.9. The molecule has 0 amide bonds. The number of hydrogen-bond acceptors (Lipinski definition) is 3. The first-order chi connectivity index (χ1) is 9.72. The van der Waals surface area contributed by atoms with Crippen molar-refractivity contribution in [3.8, 4) is 0 Å². The van der Waals surface area contributed by atoms with Crippen LogP contribution in [0.15, 0.2) is 18.2 Å². The van der Waals surface area contributed by atoms with Crippen LogP contribution in [0, 0.1) is 11.8 Å². The summed E-state index contributed by atoms with van der Waals surface area (Å²) in [6.07, 6.45) is 5.53. The van der Waals surface area contributed by atoms with Gasteiger partial charge in [0, 0.05) is 19.1 Å². The standard InChI is InChI=1S/C17H27N3/c1-13(2)10-18-11-15-4-3-5-17(19-15)20(16-8-9-16)12-14-6-7-14/h3-5,13-14,16,18H,6-12H2,1-2H3. The van der Waals surface area contributed by atoms with Crippen molar-refractivity contribution in [1.29, 1.82) is 0 Å². The summed E-state index contributed by atoms with van der Waals surface area (Å²) in [5, 5.41) is 3.48. The van der Waals surface area contributed by atoms with Gasteiger partial charge in [0.25, 0.3) is 0 Å². The molecular weight excluding hydrogens is 246 g/mol. The minimum atomic E-state index is 0.691. The largest absolute Gasteiger partial charge is 0.353 e. The maximum atomic E-state index is 4.88. The van der Waals surface area contributed by atoms with Crippen LogP contribution in [0.5, 0.6) is 0 Å². The number of rotatable bonds is 8. The van der Waals surface area contributed by atoms with Crippen LogP contribution in [0.1, 0.15) is 45.2 Å². The Labute approximate surface area is 122 Å². The molecule has 0 aliphatic heterocycles. The van der Waals surface area contributed by atoms with Crippen LogP contribution >= 0.6 is 0 Å². The highest BCUT2D eigenvalue weighted by atomic mass is 15.2. The number of nitrogens with one attached hydrogen (secondary N) is 1. The molecule has 2 aliphatic carbocycles. The van der Waals surface area contributed by atoms with E-state index in [2.05, 4.69) is 42.3 Å². The molecule has 110 valence electrons. The quantitative estimate of drug-likeness (QED) is 0.788. The lowest BCUT2D eigenvalue weighted by Gasteiger charge is -2.24. The van der Waals surface area contributed by atoms with Crippen molar-refractivity contribution in [1.82, 2.24) is 10.3 Å². The predicted octanol–water partition coefficient (Wildman–Crippen LogP) is 3.21. The van der Waals surface area contributed by atoms with Gasteiger partial charge in [-0.2, -0.15) is 0 Å². The molecule has 0 aromatic carbocycles. The van der Waals surface area contributed by atoms with E-state index < -0.39 is 0 Å². The highest BCUT2D eigenvalue weighted by molar-refractivity contribution is 5.42. The molecule has 0 atom stereocenters. The van der Waals surface area contributed by atoms with Crippen molar-refractivity contribution >= 4 is 5.82 Å². The minimum absolute atomic E-state index is 0.691. The zero-order valence-corrected chi connectivity index (χ0v) is 12.8. The number of hydrogen-bond donors (Lipinski definition) is 1. The normalized spacial score (nSPS) is 18.6. The Morgan fingerprint density at radius 2 is 2.05 bits per heavy atom. The summed E-state index contributed by atoms with van der Waals surface area (Å²) < 4.78 is 0. The second kappa shape index (κ2) is 6.13. The van der Waals surface area contributed by atoms with Gasteiger partial charge in [-0.25, -0.2) is 4.98 Å². The number of pyridine rings is 1. The fraction of sp³-hybridized carbons (Fsp3) is 0.706. The Kier molecular flexibility index (Phi) is 4.25. The molecular formula is C17H27N3. The van der Waals surface area contributed by atoms with Gasteiger partial charge in [0.15, 0.2) is 0 Å². The molecule has 3 nitrogen and oxygen atoms in total. The smallest absolute Gasteiger partial charge is 0.129 e. The van der Waals surface area contributed by atoms with E-state index in [4.69, 9.17) is 4.98 Å². The third-order valence-electron chi connectivity index (χ3n) is 4.08. The Balaban J connectivity index is 1.62. The van der Waals surface area contributed by atoms with Gasteiger partial charge in [0.1, 0.15) is 5.82 Å². The Morgan fingerprint density at radius 1 is 1.25 bits per heavy atom. The van der Waals surface area contributed by atoms with Gasteiger partial charge < -0.3 is 10.2 Å². The lowest BCUT2D eigenvalue weighted by Crippen LogP contribution is -2.29. The highest BCUT2D eigenvalue weighted by Crippen LogP contribution is 2.37. The molecule has 1 aromatic heterocycles. The van der Waals surface area contributed by atoms with E-state index in [-0.39, 0.29) is 0 Å². The van der Waals surface area contributed by atoms with Gasteiger partial charge in [0.05, 0.1) is 5.69 Å². The van der Waals surface area contributed by atoms with Crippen LogP contribution in [0.3, 0.4) is 0 Å². The molecule has 2 saturated carbocycles. The molecule has 2 aliphatic rings. The summed E-state index contributed by atoms with van der Waals surface area (Å²) in [5.74, 6) is 2.82. The van der Waals surface area contributed by atoms with Crippen LogP contribution in [-0.2, 0) is 6.54 Å². The van der Waals surface area contributed by atoms with E-state index in [0.29, 0.717) is 5.92 Å². The van der Waals surface area contributed by atoms with Gasteiger partial charge in [-0.1, -0.05) is 19.9 Å². The lowest BCUT2D eigenvalue weighted by molar-refractivity contribution is 0.548. The van der Waals surface area contributed by atoms with Crippen LogP contribution in [0.4, 0.5) is 5.82 Å². The van der Waals surface area contributed by atoms with Crippen LogP contribution in [-0.4, -0.2) is 24.1 Å². The monoisotopic (exact) mass is 273 g/mol. The van der Waals surface area contributed by atoms with E-state index >= 15 is 0 Å². The van der Waals surface area contributed by atoms with E-state index in [9.17, 15) is 0 Å². The molecule has 0 unspecified atom stereocenters. The molecule has 3 rings (SSSR count). The third kappa shape index (κ3) is 3.95. The first kappa shape index (κ1) is 13.9. The second-order valence-corrected chi connectivity index (χ2v) is 6.84. The average Bonchev–Trinajstić information content (AvgIpc) is 3.28. The predicted molar refractivity (Wildman–Crippen MR) is 83.9 cm³/mol. The molecule has 0 spiro atoms. The van der Waals surface area contributed by atoms with E-state index in [1.165, 1.54) is 43.7 Å². The topological polar surface area (TPSA) is 28.2 Å². The molecule has 1 N–H and O–H groups in total. The summed E-state index contributed by atoms with van der Waals surface area (Å²) in [7, 11) is 0. The molecule has 1 heterocycles. The van der Waals surface area contributed by atoms with Gasteiger partial charge >= 0.3 is 0 Å². The SMILES string of the molecule is CC(C)CNCc1cccc(N(CC2CC2)C2CC2)n1. The first-order valence-corrected chi connectivity index (χ1v) is 8.15. The fourth-order valence-corrected chi connectivity index (χ4v) is 2.61. The average molecular weight is 273 g/mol. The van der Waals surface area contributed by atoms with Crippen LogP contribution in [0.25, 0.3) is 0 Å². The molecule has 20 heavy (non-hydrogen) atoms. The highest BCUT2D eigenvalue weighted by Gasteiger charge is 2.34. The maximum Gasteiger partial charge on any atom is 0.129 e. The van der Waals surface area contributed by atoms with Crippen molar-refractivity contribution in [2.75, 3.05) is 18.0 Å². The molecule has 1 aromatic rings. The summed E-state index contributed by atoms with van der Waals surface area (Å²) in [6, 6.07) is 7.25. The summed E-state index contributed by atoms with van der Waals surface area (Å²) in [6.45, 7) is 7.64. The number of aromatic nitrogens is 1. The molecule has 0 radical (unpaired) electrons. The van der Waals surface area contributed by atoms with Gasteiger partial charge in [0.2, 0.25) is 0 Å². The van der Waals surface area contributed by atoms with E-state index in [1.807, 2.05) is 0 Å². The Morgan fingerprint density at radius 3 is 2.70 bits per heavy atom. The van der Waals surface area contributed by atoms with E-state index in [1.54, 1.807) is 0 Å². The van der Waals surface area contributed by atoms with Crippen molar-refractivity contribution in [2.24, 2.45) is 11.8 Å². The second-order valence-electron chi connectivity index (χ2n) is 6.84. The fourth-order valence-electron chi connectivity index (χ4n) is 2.61. The minimum Gasteiger partial charge on any atom is -0.353 e. The third-order valence-corrected chi connectivity index (χ3v) is 4.08. The summed E-state index contributed by atoms with van der Waals surface area (Å²) in [4.78, 5) is 7.43. The van der Waals surface area contributed by atoms with E-state index in [0.717, 1.165) is 25.0 Å². The summed E-state index contributed by atoms with van der Waals surface area (Å²) >= 11 is 0. The number of nitrogens with zero attached hydrogens (tertiary/aromatic N) is 2. The first-order valence-electron chi connectivity index (χ1n) is 8.15. The van der Waals surface area contributed by atoms with Crippen molar-refractivity contribution < 1.29 is 0 Å². The summed E-state index contributed by atoms with van der Waals surface area (Å²) in [5.41, 5.74) is 1.17. The van der Waals surface area contributed by atoms with Crippen LogP contribution < -0.4 is 10.2 Å². The number of anilines is 1. The van der Waals surface area contributed by atoms with Gasteiger partial charge in [-0.3, -0.25) is 0 Å². The Bertz CT molecular complexity index is 436. The maximum absolute atomic E-state index is 4.88. The van der Waals surface area contributed by atoms with Crippen molar-refractivity contribution in [3.63, 3.8) is 0 Å². The molecule has 0 saturated heterocycles. The van der Waals surface area contributed by atoms with Crippen molar-refractivity contribution in [3.05, 3.63) is 23.9 Å².